The van der Waals surface area contributed by atoms with Gasteiger partial charge in [0.25, 0.3) is 0 Å². The predicted molar refractivity (Wildman–Crippen MR) is 69.4 cm³/mol. The van der Waals surface area contributed by atoms with Crippen LogP contribution < -0.4 is 0 Å². The van der Waals surface area contributed by atoms with Crippen LogP contribution in [0, 0.1) is 5.92 Å². The molecule has 0 amide bonds. The molecule has 1 atom stereocenters. The minimum Gasteiger partial charge on any atom is -0.382 e. The summed E-state index contributed by atoms with van der Waals surface area (Å²) >= 11 is 0. The number of methoxy groups -OCH3 is 1. The van der Waals surface area contributed by atoms with Crippen LogP contribution in [0.2, 0.25) is 0 Å². The number of phosphoric acid groups is 1. The van der Waals surface area contributed by atoms with E-state index in [1.807, 2.05) is 0 Å². The molecule has 1 rings (SSSR count). The lowest BCUT2D eigenvalue weighted by Gasteiger charge is -2.18. The summed E-state index contributed by atoms with van der Waals surface area (Å²) in [5, 5.41) is 0. The molecule has 1 unspecified atom stereocenters. The Morgan fingerprint density at radius 2 is 1.89 bits per heavy atom. The summed E-state index contributed by atoms with van der Waals surface area (Å²) in [6.07, 6.45) is 2.74. The van der Waals surface area contributed by atoms with Gasteiger partial charge in [0, 0.05) is 7.11 Å². The molecule has 1 saturated carbocycles. The normalized spacial score (nSPS) is 19.7. The van der Waals surface area contributed by atoms with Crippen LogP contribution in [-0.4, -0.2) is 49.5 Å². The number of rotatable bonds is 8. The van der Waals surface area contributed by atoms with Crippen LogP contribution in [-0.2, 0) is 23.7 Å². The van der Waals surface area contributed by atoms with Crippen molar-refractivity contribution < 1.29 is 32.0 Å². The molecule has 114 valence electrons. The summed E-state index contributed by atoms with van der Waals surface area (Å²) in [6.45, 7) is -0.172. The van der Waals surface area contributed by atoms with E-state index in [0.717, 1.165) is 25.7 Å². The van der Waals surface area contributed by atoms with Crippen molar-refractivity contribution in [3.8, 4) is 0 Å². The Morgan fingerprint density at radius 3 is 2.37 bits per heavy atom. The van der Waals surface area contributed by atoms with Crippen molar-refractivity contribution in [1.29, 1.82) is 0 Å². The number of ether oxygens (including phenoxy) is 1. The fraction of sp³-hybridized carbons (Fsp3) is 1.00. The first-order valence-corrected chi connectivity index (χ1v) is 9.50. The summed E-state index contributed by atoms with van der Waals surface area (Å²) < 4.78 is 43.9. The third-order valence-corrected chi connectivity index (χ3v) is 5.47. The molecule has 9 heteroatoms. The summed E-state index contributed by atoms with van der Waals surface area (Å²) in [7, 11) is -6.81. The monoisotopic (exact) mass is 316 g/mol. The first-order chi connectivity index (χ1) is 8.72. The van der Waals surface area contributed by atoms with Gasteiger partial charge in [0.15, 0.2) is 9.84 Å². The van der Waals surface area contributed by atoms with E-state index >= 15 is 0 Å². The lowest BCUT2D eigenvalue weighted by atomic mass is 10.1. The highest BCUT2D eigenvalue weighted by Gasteiger charge is 2.29. The van der Waals surface area contributed by atoms with E-state index in [4.69, 9.17) is 14.5 Å². The average Bonchev–Trinajstić information content (AvgIpc) is 2.66. The van der Waals surface area contributed by atoms with Crippen LogP contribution in [0.4, 0.5) is 0 Å². The van der Waals surface area contributed by atoms with Crippen LogP contribution >= 0.6 is 7.82 Å². The maximum atomic E-state index is 12.0. The van der Waals surface area contributed by atoms with Gasteiger partial charge < -0.3 is 14.5 Å². The molecule has 0 aliphatic heterocycles. The number of hydrogen-bond acceptors (Lipinski definition) is 5. The van der Waals surface area contributed by atoms with Crippen molar-refractivity contribution >= 4 is 17.7 Å². The molecular formula is C10H21O7PS. The molecule has 0 spiro atoms. The summed E-state index contributed by atoms with van der Waals surface area (Å²) in [6, 6.07) is 0. The highest BCUT2D eigenvalue weighted by Crippen LogP contribution is 2.38. The lowest BCUT2D eigenvalue weighted by molar-refractivity contribution is 0.0688. The number of phosphoric ester groups is 1. The third-order valence-electron chi connectivity index (χ3n) is 3.04. The van der Waals surface area contributed by atoms with Gasteiger partial charge in [-0.2, -0.15) is 0 Å². The molecule has 1 fully saturated rings. The van der Waals surface area contributed by atoms with Crippen LogP contribution in [0.5, 0.6) is 0 Å². The van der Waals surface area contributed by atoms with Gasteiger partial charge in [0.05, 0.1) is 18.1 Å². The van der Waals surface area contributed by atoms with Gasteiger partial charge in [-0.25, -0.2) is 13.0 Å². The molecule has 0 bridgehead atoms. The molecule has 0 radical (unpaired) electrons. The van der Waals surface area contributed by atoms with Crippen LogP contribution in [0.15, 0.2) is 0 Å². The molecule has 0 aromatic carbocycles. The summed E-state index contributed by atoms with van der Waals surface area (Å²) in [5.74, 6) is -0.219. The second-order valence-electron chi connectivity index (χ2n) is 4.90. The van der Waals surface area contributed by atoms with Gasteiger partial charge in [0.2, 0.25) is 0 Å². The van der Waals surface area contributed by atoms with Crippen LogP contribution in [0.3, 0.4) is 0 Å². The van der Waals surface area contributed by atoms with Gasteiger partial charge in [0.1, 0.15) is 6.10 Å². The summed E-state index contributed by atoms with van der Waals surface area (Å²) in [4.78, 5) is 17.5. The van der Waals surface area contributed by atoms with Gasteiger partial charge in [-0.05, 0) is 18.8 Å². The zero-order valence-corrected chi connectivity index (χ0v) is 12.6. The van der Waals surface area contributed by atoms with Crippen molar-refractivity contribution in [2.24, 2.45) is 5.92 Å². The van der Waals surface area contributed by atoms with E-state index in [1.54, 1.807) is 0 Å². The molecule has 0 aromatic rings. The Kier molecular flexibility index (Phi) is 6.42. The fourth-order valence-electron chi connectivity index (χ4n) is 2.38. The molecular weight excluding hydrogens is 295 g/mol. The number of hydrogen-bond donors (Lipinski definition) is 2. The topological polar surface area (TPSA) is 110 Å². The maximum absolute atomic E-state index is 12.0. The Bertz CT molecular complexity index is 410. The fourth-order valence-corrected chi connectivity index (χ4v) is 4.92. The largest absolute Gasteiger partial charge is 0.469 e. The first-order valence-electron chi connectivity index (χ1n) is 6.15. The van der Waals surface area contributed by atoms with E-state index in [0.29, 0.717) is 0 Å². The second kappa shape index (κ2) is 7.15. The SMILES string of the molecule is COCC(CS(=O)(=O)CC1CCCC1)OP(=O)(O)O. The Balaban J connectivity index is 2.57. The number of sulfone groups is 1. The zero-order chi connectivity index (χ0) is 14.5. The molecule has 0 aromatic heterocycles. The smallest absolute Gasteiger partial charge is 0.382 e. The zero-order valence-electron chi connectivity index (χ0n) is 10.9. The van der Waals surface area contributed by atoms with Gasteiger partial charge in [-0.1, -0.05) is 12.8 Å². The highest BCUT2D eigenvalue weighted by molar-refractivity contribution is 7.91. The second-order valence-corrected chi connectivity index (χ2v) is 8.25. The van der Waals surface area contributed by atoms with Crippen molar-refractivity contribution in [1.82, 2.24) is 0 Å². The molecule has 7 nitrogen and oxygen atoms in total. The molecule has 0 saturated heterocycles. The minimum atomic E-state index is -4.72. The van der Waals surface area contributed by atoms with Crippen LogP contribution in [0.25, 0.3) is 0 Å². The van der Waals surface area contributed by atoms with E-state index in [2.05, 4.69) is 4.52 Å². The van der Waals surface area contributed by atoms with Crippen molar-refractivity contribution in [3.05, 3.63) is 0 Å². The quantitative estimate of drug-likeness (QED) is 0.635. The van der Waals surface area contributed by atoms with E-state index in [-0.39, 0.29) is 18.3 Å². The predicted octanol–water partition coefficient (Wildman–Crippen LogP) is 0.716. The lowest BCUT2D eigenvalue weighted by Crippen LogP contribution is -2.30. The van der Waals surface area contributed by atoms with Gasteiger partial charge in [-0.15, -0.1) is 0 Å². The van der Waals surface area contributed by atoms with E-state index in [9.17, 15) is 13.0 Å². The molecule has 1 aliphatic carbocycles. The third kappa shape index (κ3) is 7.39. The highest BCUT2D eigenvalue weighted by atomic mass is 32.2. The minimum absolute atomic E-state index is 0.0533. The molecule has 0 heterocycles. The van der Waals surface area contributed by atoms with E-state index in [1.165, 1.54) is 7.11 Å². The molecule has 2 N–H and O–H groups in total. The first kappa shape index (κ1) is 17.1. The average molecular weight is 316 g/mol. The van der Waals surface area contributed by atoms with Crippen LogP contribution in [0.1, 0.15) is 25.7 Å². The molecule has 1 aliphatic rings. The van der Waals surface area contributed by atoms with Crippen molar-refractivity contribution in [2.75, 3.05) is 25.2 Å². The summed E-state index contributed by atoms with van der Waals surface area (Å²) in [5.41, 5.74) is 0. The van der Waals surface area contributed by atoms with Crippen molar-refractivity contribution in [3.63, 3.8) is 0 Å². The Labute approximate surface area is 113 Å². The van der Waals surface area contributed by atoms with Crippen molar-refractivity contribution in [2.45, 2.75) is 31.8 Å². The maximum Gasteiger partial charge on any atom is 0.469 e. The Hall–Kier alpha value is 0.0200. The Morgan fingerprint density at radius 1 is 1.32 bits per heavy atom. The van der Waals surface area contributed by atoms with Gasteiger partial charge in [-0.3, -0.25) is 4.52 Å². The van der Waals surface area contributed by atoms with E-state index < -0.39 is 29.5 Å². The standard InChI is InChI=1S/C10H21O7PS/c1-16-6-10(17-18(11,12)13)8-19(14,15)7-9-4-2-3-5-9/h9-10H,2-8H2,1H3,(H2,11,12,13). The molecule has 19 heavy (non-hydrogen) atoms. The van der Waals surface area contributed by atoms with Gasteiger partial charge >= 0.3 is 7.82 Å².